The topological polar surface area (TPSA) is 105 Å². The number of sulfonamides is 1. The average Bonchev–Trinajstić information content (AvgIpc) is 2.79. The molecule has 0 unspecified atom stereocenters. The summed E-state index contributed by atoms with van der Waals surface area (Å²) in [4.78, 5) is 26.7. The monoisotopic (exact) mass is 481 g/mol. The third-order valence-electron chi connectivity index (χ3n) is 5.05. The van der Waals surface area contributed by atoms with E-state index in [1.54, 1.807) is 6.07 Å². The van der Waals surface area contributed by atoms with E-state index in [0.29, 0.717) is 5.75 Å². The van der Waals surface area contributed by atoms with E-state index in [1.807, 2.05) is 0 Å². The molecule has 0 heterocycles. The van der Waals surface area contributed by atoms with Crippen LogP contribution in [0.1, 0.15) is 12.5 Å². The van der Waals surface area contributed by atoms with Crippen molar-refractivity contribution in [3.8, 4) is 11.5 Å². The first kappa shape index (κ1) is 25.9. The maximum absolute atomic E-state index is 14.3. The molecule has 1 N–H and O–H groups in total. The number of likely N-dealkylation sites (N-methyl/N-ethyl adjacent to an activating group) is 1. The largest absolute Gasteiger partial charge is 0.497 e. The molecule has 0 aromatic heterocycles. The Kier molecular flexibility index (Phi) is 8.63. The lowest BCUT2D eigenvalue weighted by Gasteiger charge is -2.31. The number of hydrogen-bond donors (Lipinski definition) is 1. The lowest BCUT2D eigenvalue weighted by molar-refractivity contribution is -0.139. The Hall–Kier alpha value is -3.34. The van der Waals surface area contributed by atoms with Crippen molar-refractivity contribution in [2.75, 3.05) is 38.4 Å². The van der Waals surface area contributed by atoms with Crippen molar-refractivity contribution in [1.29, 1.82) is 0 Å². The first-order valence-electron chi connectivity index (χ1n) is 9.97. The Labute approximate surface area is 193 Å². The van der Waals surface area contributed by atoms with Gasteiger partial charge in [-0.3, -0.25) is 13.9 Å². The molecule has 2 aromatic rings. The zero-order valence-corrected chi connectivity index (χ0v) is 20.0. The minimum Gasteiger partial charge on any atom is -0.497 e. The van der Waals surface area contributed by atoms with Crippen molar-refractivity contribution >= 4 is 27.5 Å². The molecule has 0 saturated carbocycles. The number of halogens is 1. The van der Waals surface area contributed by atoms with Crippen molar-refractivity contribution in [3.05, 3.63) is 53.8 Å². The lowest BCUT2D eigenvalue weighted by Crippen LogP contribution is -2.50. The smallest absolute Gasteiger partial charge is 0.244 e. The molecule has 0 spiro atoms. The van der Waals surface area contributed by atoms with Crippen LogP contribution in [-0.2, 0) is 26.2 Å². The number of benzene rings is 2. The molecule has 33 heavy (non-hydrogen) atoms. The first-order chi connectivity index (χ1) is 15.5. The highest BCUT2D eigenvalue weighted by Gasteiger charge is 2.31. The molecule has 1 atom stereocenters. The molecule has 9 nitrogen and oxygen atoms in total. The fourth-order valence-corrected chi connectivity index (χ4v) is 4.04. The molecule has 2 amide bonds. The van der Waals surface area contributed by atoms with Crippen LogP contribution in [0.25, 0.3) is 0 Å². The van der Waals surface area contributed by atoms with Crippen LogP contribution in [0.4, 0.5) is 10.1 Å². The van der Waals surface area contributed by atoms with E-state index in [-0.39, 0.29) is 23.5 Å². The van der Waals surface area contributed by atoms with E-state index in [2.05, 4.69) is 5.32 Å². The Morgan fingerprint density at radius 2 is 1.79 bits per heavy atom. The van der Waals surface area contributed by atoms with Crippen molar-refractivity contribution in [1.82, 2.24) is 10.2 Å². The predicted octanol–water partition coefficient (Wildman–Crippen LogP) is 1.77. The Bertz CT molecular complexity index is 1110. The first-order valence-corrected chi connectivity index (χ1v) is 11.8. The summed E-state index contributed by atoms with van der Waals surface area (Å²) in [6.45, 7) is 0.630. The van der Waals surface area contributed by atoms with Gasteiger partial charge < -0.3 is 19.7 Å². The highest BCUT2D eigenvalue weighted by atomic mass is 32.2. The summed E-state index contributed by atoms with van der Waals surface area (Å²) in [6.07, 6.45) is 0.952. The fraction of sp³-hybridized carbons (Fsp3) is 0.364. The molecule has 0 radical (unpaired) electrons. The number of methoxy groups -OCH3 is 2. The summed E-state index contributed by atoms with van der Waals surface area (Å²) >= 11 is 0. The van der Waals surface area contributed by atoms with Gasteiger partial charge in [-0.15, -0.1) is 0 Å². The number of ether oxygens (including phenoxy) is 2. The van der Waals surface area contributed by atoms with Gasteiger partial charge in [-0.1, -0.05) is 18.2 Å². The number of amides is 2. The van der Waals surface area contributed by atoms with Crippen molar-refractivity contribution in [2.45, 2.75) is 19.5 Å². The number of hydrogen-bond acceptors (Lipinski definition) is 6. The number of anilines is 1. The van der Waals surface area contributed by atoms with Gasteiger partial charge in [0.1, 0.15) is 29.9 Å². The van der Waals surface area contributed by atoms with Crippen LogP contribution in [0.15, 0.2) is 42.5 Å². The normalized spacial score (nSPS) is 11.9. The fourth-order valence-electron chi connectivity index (χ4n) is 3.19. The van der Waals surface area contributed by atoms with E-state index in [1.165, 1.54) is 64.6 Å². The maximum atomic E-state index is 14.3. The molecule has 0 aliphatic heterocycles. The number of nitrogens with zero attached hydrogens (tertiary/aromatic N) is 2. The second-order valence-corrected chi connectivity index (χ2v) is 9.12. The number of carbonyl (C=O) groups excluding carboxylic acids is 2. The molecule has 0 bridgehead atoms. The van der Waals surface area contributed by atoms with Crippen molar-refractivity contribution in [3.63, 3.8) is 0 Å². The van der Waals surface area contributed by atoms with Gasteiger partial charge in [-0.25, -0.2) is 12.8 Å². The number of nitrogens with one attached hydrogen (secondary N) is 1. The standard InChI is InChI=1S/C22H28FN3O6S/c1-15(22(28)24-2)25(13-16-8-6-7-9-18(16)23)21(27)14-26(33(5,29)30)19-11-10-17(31-3)12-20(19)32-4/h6-12,15H,13-14H2,1-5H3,(H,24,28)/t15-/m1/s1. The molecule has 2 aromatic carbocycles. The highest BCUT2D eigenvalue weighted by molar-refractivity contribution is 7.92. The summed E-state index contributed by atoms with van der Waals surface area (Å²) in [6, 6.07) is 9.34. The molecule has 0 aliphatic carbocycles. The van der Waals surface area contributed by atoms with Gasteiger partial charge >= 0.3 is 0 Å². The van der Waals surface area contributed by atoms with Gasteiger partial charge in [0.05, 0.1) is 26.2 Å². The molecular formula is C22H28FN3O6S. The van der Waals surface area contributed by atoms with Gasteiger partial charge in [0, 0.05) is 25.2 Å². The van der Waals surface area contributed by atoms with Crippen LogP contribution in [0, 0.1) is 5.82 Å². The van der Waals surface area contributed by atoms with Gasteiger partial charge in [0.15, 0.2) is 0 Å². The zero-order chi connectivity index (χ0) is 24.8. The Balaban J connectivity index is 2.47. The van der Waals surface area contributed by atoms with Crippen LogP contribution >= 0.6 is 0 Å². The van der Waals surface area contributed by atoms with Crippen molar-refractivity contribution in [2.24, 2.45) is 0 Å². The molecule has 2 rings (SSSR count). The summed E-state index contributed by atoms with van der Waals surface area (Å²) in [5, 5.41) is 2.45. The zero-order valence-electron chi connectivity index (χ0n) is 19.2. The summed E-state index contributed by atoms with van der Waals surface area (Å²) < 4.78 is 50.8. The minimum atomic E-state index is -3.94. The van der Waals surface area contributed by atoms with E-state index in [9.17, 15) is 22.4 Å². The molecule has 0 fully saturated rings. The highest BCUT2D eigenvalue weighted by Crippen LogP contribution is 2.33. The average molecular weight is 482 g/mol. The quantitative estimate of drug-likeness (QED) is 0.555. The maximum Gasteiger partial charge on any atom is 0.244 e. The second-order valence-electron chi connectivity index (χ2n) is 7.21. The van der Waals surface area contributed by atoms with E-state index < -0.39 is 40.2 Å². The Morgan fingerprint density at radius 1 is 1.12 bits per heavy atom. The van der Waals surface area contributed by atoms with Crippen molar-refractivity contribution < 1.29 is 31.9 Å². The second kappa shape index (κ2) is 11.0. The molecule has 0 saturated heterocycles. The third kappa shape index (κ3) is 6.35. The summed E-state index contributed by atoms with van der Waals surface area (Å²) in [5.74, 6) is -1.11. The Morgan fingerprint density at radius 3 is 2.33 bits per heavy atom. The van der Waals surface area contributed by atoms with E-state index >= 15 is 0 Å². The van der Waals surface area contributed by atoms with Crippen LogP contribution in [0.5, 0.6) is 11.5 Å². The molecule has 180 valence electrons. The third-order valence-corrected chi connectivity index (χ3v) is 6.17. The SMILES string of the molecule is CNC(=O)[C@@H](C)N(Cc1ccccc1F)C(=O)CN(c1ccc(OC)cc1OC)S(C)(=O)=O. The summed E-state index contributed by atoms with van der Waals surface area (Å²) in [7, 11) is 0.283. The van der Waals surface area contributed by atoms with E-state index in [4.69, 9.17) is 9.47 Å². The van der Waals surface area contributed by atoms with Gasteiger partial charge in [0.2, 0.25) is 21.8 Å². The van der Waals surface area contributed by atoms with Gasteiger partial charge in [-0.05, 0) is 25.1 Å². The number of carbonyl (C=O) groups is 2. The molecular weight excluding hydrogens is 453 g/mol. The van der Waals surface area contributed by atoms with Crippen LogP contribution in [0.3, 0.4) is 0 Å². The molecule has 11 heteroatoms. The number of rotatable bonds is 10. The minimum absolute atomic E-state index is 0.118. The van der Waals surface area contributed by atoms with Gasteiger partial charge in [0.25, 0.3) is 0 Å². The van der Waals surface area contributed by atoms with Crippen LogP contribution in [0.2, 0.25) is 0 Å². The van der Waals surface area contributed by atoms with Gasteiger partial charge in [-0.2, -0.15) is 0 Å². The lowest BCUT2D eigenvalue weighted by atomic mass is 10.1. The van der Waals surface area contributed by atoms with Crippen LogP contribution < -0.4 is 19.1 Å². The summed E-state index contributed by atoms with van der Waals surface area (Å²) in [5.41, 5.74) is 0.308. The predicted molar refractivity (Wildman–Crippen MR) is 122 cm³/mol. The van der Waals surface area contributed by atoms with Crippen LogP contribution in [-0.4, -0.2) is 65.2 Å². The molecule has 0 aliphatic rings. The van der Waals surface area contributed by atoms with E-state index in [0.717, 1.165) is 15.5 Å².